The van der Waals surface area contributed by atoms with E-state index in [1.165, 1.54) is 0 Å². The fraction of sp³-hybridized carbons (Fsp3) is 0.429. The molecule has 0 unspecified atom stereocenters. The molecule has 0 saturated carbocycles. The summed E-state index contributed by atoms with van der Waals surface area (Å²) < 4.78 is 26.3. The Morgan fingerprint density at radius 2 is 2.27 bits per heavy atom. The van der Waals surface area contributed by atoms with E-state index in [4.69, 9.17) is 0 Å². The van der Waals surface area contributed by atoms with Gasteiger partial charge in [-0.3, -0.25) is 0 Å². The van der Waals surface area contributed by atoms with Crippen LogP contribution in [0, 0.1) is 10.5 Å². The fourth-order valence-electron chi connectivity index (χ4n) is 0.916. The highest BCUT2D eigenvalue weighted by Crippen LogP contribution is 2.11. The van der Waals surface area contributed by atoms with Gasteiger partial charge in [-0.05, 0) is 35.6 Å². The zero-order valence-electron chi connectivity index (χ0n) is 6.02. The topological polar surface area (TPSA) is 4.93 Å². The summed E-state index contributed by atoms with van der Waals surface area (Å²) in [5.74, 6) is 0. The quantitative estimate of drug-likeness (QED) is 0.729. The standard InChI is InChI=1S/C7H8F2IN/c1-5-2-6(10)3-11(5)4-7(8)9/h2-3,7H,4H2,1H3. The maximum atomic E-state index is 11.9. The van der Waals surface area contributed by atoms with Crippen molar-refractivity contribution in [3.8, 4) is 0 Å². The molecule has 0 aliphatic carbocycles. The van der Waals surface area contributed by atoms with Gasteiger partial charge in [-0.25, -0.2) is 8.78 Å². The van der Waals surface area contributed by atoms with Crippen LogP contribution in [0.4, 0.5) is 8.78 Å². The Hall–Kier alpha value is -0.130. The molecule has 1 heterocycles. The summed E-state index contributed by atoms with van der Waals surface area (Å²) in [6.07, 6.45) is -0.543. The summed E-state index contributed by atoms with van der Waals surface area (Å²) in [6, 6.07) is 1.88. The van der Waals surface area contributed by atoms with Crippen LogP contribution < -0.4 is 0 Å². The first-order valence-corrected chi connectivity index (χ1v) is 4.28. The first-order valence-electron chi connectivity index (χ1n) is 3.20. The van der Waals surface area contributed by atoms with Gasteiger partial charge in [0.1, 0.15) is 0 Å². The lowest BCUT2D eigenvalue weighted by atomic mass is 10.5. The van der Waals surface area contributed by atoms with Crippen molar-refractivity contribution in [1.29, 1.82) is 0 Å². The minimum atomic E-state index is -2.27. The predicted octanol–water partition coefficient (Wildman–Crippen LogP) is 2.67. The Bertz CT molecular complexity index is 245. The van der Waals surface area contributed by atoms with E-state index in [-0.39, 0.29) is 6.54 Å². The van der Waals surface area contributed by atoms with Crippen LogP contribution in [0.25, 0.3) is 0 Å². The summed E-state index contributed by atoms with van der Waals surface area (Å²) in [4.78, 5) is 0. The normalized spacial score (nSPS) is 11.0. The number of hydrogen-bond donors (Lipinski definition) is 0. The SMILES string of the molecule is Cc1cc(I)cn1CC(F)F. The second kappa shape index (κ2) is 3.51. The molecular weight excluding hydrogens is 263 g/mol. The number of halogens is 3. The lowest BCUT2D eigenvalue weighted by molar-refractivity contribution is 0.126. The second-order valence-corrected chi connectivity index (χ2v) is 3.59. The minimum absolute atomic E-state index is 0.200. The third-order valence-electron chi connectivity index (χ3n) is 1.41. The molecule has 0 aromatic carbocycles. The fourth-order valence-corrected chi connectivity index (χ4v) is 1.70. The molecule has 0 radical (unpaired) electrons. The van der Waals surface area contributed by atoms with E-state index in [0.29, 0.717) is 0 Å². The summed E-state index contributed by atoms with van der Waals surface area (Å²) in [7, 11) is 0. The van der Waals surface area contributed by atoms with Gasteiger partial charge in [-0.1, -0.05) is 0 Å². The van der Waals surface area contributed by atoms with Gasteiger partial charge in [0, 0.05) is 15.5 Å². The maximum Gasteiger partial charge on any atom is 0.256 e. The molecule has 62 valence electrons. The van der Waals surface area contributed by atoms with Crippen LogP contribution in [-0.4, -0.2) is 11.0 Å². The van der Waals surface area contributed by atoms with Crippen LogP contribution in [0.3, 0.4) is 0 Å². The third kappa shape index (κ3) is 2.43. The molecule has 0 aliphatic rings. The molecule has 0 atom stereocenters. The monoisotopic (exact) mass is 271 g/mol. The first-order chi connectivity index (χ1) is 5.09. The number of hydrogen-bond acceptors (Lipinski definition) is 0. The zero-order valence-corrected chi connectivity index (χ0v) is 8.18. The summed E-state index contributed by atoms with van der Waals surface area (Å²) in [5, 5.41) is 0. The largest absolute Gasteiger partial charge is 0.345 e. The van der Waals surface area contributed by atoms with E-state index >= 15 is 0 Å². The van der Waals surface area contributed by atoms with Crippen molar-refractivity contribution in [3.05, 3.63) is 21.5 Å². The summed E-state index contributed by atoms with van der Waals surface area (Å²) >= 11 is 2.11. The Balaban J connectivity index is 2.77. The van der Waals surface area contributed by atoms with Gasteiger partial charge in [-0.15, -0.1) is 0 Å². The molecule has 0 saturated heterocycles. The van der Waals surface area contributed by atoms with Crippen LogP contribution in [0.1, 0.15) is 5.69 Å². The van der Waals surface area contributed by atoms with Crippen LogP contribution in [-0.2, 0) is 6.54 Å². The van der Waals surface area contributed by atoms with Crippen molar-refractivity contribution in [2.75, 3.05) is 0 Å². The number of rotatable bonds is 2. The van der Waals surface area contributed by atoms with E-state index in [9.17, 15) is 8.78 Å². The van der Waals surface area contributed by atoms with Crippen molar-refractivity contribution in [2.45, 2.75) is 19.9 Å². The molecule has 1 aromatic rings. The van der Waals surface area contributed by atoms with Gasteiger partial charge in [-0.2, -0.15) is 0 Å². The number of nitrogens with zero attached hydrogens (tertiary/aromatic N) is 1. The number of aromatic nitrogens is 1. The molecule has 1 rings (SSSR count). The van der Waals surface area contributed by atoms with Gasteiger partial charge in [0.15, 0.2) is 0 Å². The smallest absolute Gasteiger partial charge is 0.256 e. The second-order valence-electron chi connectivity index (χ2n) is 2.34. The van der Waals surface area contributed by atoms with Crippen LogP contribution in [0.5, 0.6) is 0 Å². The van der Waals surface area contributed by atoms with E-state index in [1.807, 2.05) is 13.0 Å². The highest BCUT2D eigenvalue weighted by atomic mass is 127. The van der Waals surface area contributed by atoms with Crippen molar-refractivity contribution < 1.29 is 8.78 Å². The Morgan fingerprint density at radius 3 is 2.64 bits per heavy atom. The average Bonchev–Trinajstić information content (AvgIpc) is 2.09. The van der Waals surface area contributed by atoms with Gasteiger partial charge in [0.2, 0.25) is 0 Å². The van der Waals surface area contributed by atoms with Gasteiger partial charge < -0.3 is 4.57 Å². The highest BCUT2D eigenvalue weighted by Gasteiger charge is 2.05. The molecule has 0 bridgehead atoms. The van der Waals surface area contributed by atoms with Crippen LogP contribution in [0.2, 0.25) is 0 Å². The molecule has 0 spiro atoms. The number of aryl methyl sites for hydroxylation is 1. The van der Waals surface area contributed by atoms with E-state index in [0.717, 1.165) is 9.26 Å². The van der Waals surface area contributed by atoms with E-state index in [2.05, 4.69) is 22.6 Å². The molecule has 1 aromatic heterocycles. The van der Waals surface area contributed by atoms with Crippen LogP contribution >= 0.6 is 22.6 Å². The molecule has 0 amide bonds. The van der Waals surface area contributed by atoms with Crippen molar-refractivity contribution in [3.63, 3.8) is 0 Å². The Morgan fingerprint density at radius 1 is 1.64 bits per heavy atom. The molecule has 11 heavy (non-hydrogen) atoms. The molecule has 1 nitrogen and oxygen atoms in total. The van der Waals surface area contributed by atoms with Gasteiger partial charge in [0.25, 0.3) is 6.43 Å². The average molecular weight is 271 g/mol. The molecule has 0 aliphatic heterocycles. The zero-order chi connectivity index (χ0) is 8.43. The van der Waals surface area contributed by atoms with Crippen molar-refractivity contribution in [1.82, 2.24) is 4.57 Å². The third-order valence-corrected chi connectivity index (χ3v) is 2.00. The van der Waals surface area contributed by atoms with Gasteiger partial charge >= 0.3 is 0 Å². The van der Waals surface area contributed by atoms with Crippen molar-refractivity contribution >= 4 is 22.6 Å². The lowest BCUT2D eigenvalue weighted by Crippen LogP contribution is -2.06. The van der Waals surface area contributed by atoms with E-state index < -0.39 is 6.43 Å². The molecule has 4 heteroatoms. The number of alkyl halides is 2. The summed E-state index contributed by atoms with van der Waals surface area (Å²) in [6.45, 7) is 1.62. The molecule has 0 N–H and O–H groups in total. The van der Waals surface area contributed by atoms with Crippen molar-refractivity contribution in [2.24, 2.45) is 0 Å². The first kappa shape index (κ1) is 8.96. The lowest BCUT2D eigenvalue weighted by Gasteiger charge is -2.03. The predicted molar refractivity (Wildman–Crippen MR) is 47.9 cm³/mol. The van der Waals surface area contributed by atoms with E-state index in [1.54, 1.807) is 10.8 Å². The molecular formula is C7H8F2IN. The Kier molecular flexibility index (Phi) is 2.86. The van der Waals surface area contributed by atoms with Gasteiger partial charge in [0.05, 0.1) is 6.54 Å². The minimum Gasteiger partial charge on any atom is -0.345 e. The Labute approximate surface area is 77.5 Å². The summed E-state index contributed by atoms with van der Waals surface area (Å²) in [5.41, 5.74) is 0.884. The maximum absolute atomic E-state index is 11.9. The molecule has 0 fully saturated rings. The highest BCUT2D eigenvalue weighted by molar-refractivity contribution is 14.1. The van der Waals surface area contributed by atoms with Crippen LogP contribution in [0.15, 0.2) is 12.3 Å².